The molecule has 0 aliphatic heterocycles. The molecule has 4 heteroatoms. The lowest BCUT2D eigenvalue weighted by atomic mass is 10.1. The Hall–Kier alpha value is -1.74. The number of rotatable bonds is 3. The molecule has 1 aromatic carbocycles. The first-order valence-electron chi connectivity index (χ1n) is 4.68. The molecule has 84 valence electrons. The van der Waals surface area contributed by atoms with Gasteiger partial charge in [-0.25, -0.2) is 4.99 Å². The summed E-state index contributed by atoms with van der Waals surface area (Å²) in [6, 6.07) is 4.99. The summed E-state index contributed by atoms with van der Waals surface area (Å²) in [6.07, 6.45) is 3.44. The Labute approximate surface area is 99.6 Å². The van der Waals surface area contributed by atoms with Crippen molar-refractivity contribution in [3.63, 3.8) is 0 Å². The van der Waals surface area contributed by atoms with Gasteiger partial charge in [-0.15, -0.1) is 0 Å². The second-order valence-corrected chi connectivity index (χ2v) is 3.57. The minimum absolute atomic E-state index is 0.0403. The lowest BCUT2D eigenvalue weighted by molar-refractivity contribution is 0.475. The van der Waals surface area contributed by atoms with Crippen molar-refractivity contribution in [3.05, 3.63) is 47.3 Å². The van der Waals surface area contributed by atoms with Crippen LogP contribution in [0.1, 0.15) is 12.5 Å². The first kappa shape index (κ1) is 12.3. The molecule has 0 fully saturated rings. The average molecular weight is 237 g/mol. The molecule has 0 saturated heterocycles. The summed E-state index contributed by atoms with van der Waals surface area (Å²) in [6.45, 7) is 5.34. The van der Waals surface area contributed by atoms with Gasteiger partial charge in [0.2, 0.25) is 0 Å². The summed E-state index contributed by atoms with van der Waals surface area (Å²) in [7, 11) is 0. The largest absolute Gasteiger partial charge is 0.506 e. The molecule has 0 aromatic heterocycles. The minimum atomic E-state index is 0.0403. The summed E-state index contributed by atoms with van der Waals surface area (Å²) in [5.41, 5.74) is 6.98. The lowest BCUT2D eigenvalue weighted by Crippen LogP contribution is -1.92. The summed E-state index contributed by atoms with van der Waals surface area (Å²) in [5, 5.41) is 9.79. The third-order valence-corrected chi connectivity index (χ3v) is 2.28. The first-order chi connectivity index (χ1) is 7.54. The quantitative estimate of drug-likeness (QED) is 0.793. The zero-order chi connectivity index (χ0) is 12.1. The second-order valence-electron chi connectivity index (χ2n) is 3.16. The predicted octanol–water partition coefficient (Wildman–Crippen LogP) is 2.95. The third-order valence-electron chi connectivity index (χ3n) is 1.96. The molecular weight excluding hydrogens is 224 g/mol. The van der Waals surface area contributed by atoms with E-state index in [1.54, 1.807) is 24.4 Å². The smallest absolute Gasteiger partial charge is 0.134 e. The maximum atomic E-state index is 9.48. The van der Waals surface area contributed by atoms with Crippen molar-refractivity contribution in [3.8, 4) is 5.75 Å². The monoisotopic (exact) mass is 236 g/mol. The van der Waals surface area contributed by atoms with Crippen molar-refractivity contribution in [2.75, 3.05) is 0 Å². The molecule has 1 aromatic rings. The van der Waals surface area contributed by atoms with Gasteiger partial charge in [0.15, 0.2) is 0 Å². The SMILES string of the molecule is C=C(N)N=C/C(=C\C)c1ccc(Cl)c(O)c1. The summed E-state index contributed by atoms with van der Waals surface area (Å²) >= 11 is 5.72. The molecule has 0 aliphatic carbocycles. The summed E-state index contributed by atoms with van der Waals surface area (Å²) < 4.78 is 0. The standard InChI is InChI=1S/C12H13ClN2O/c1-3-9(7-15-8(2)14)10-4-5-11(13)12(16)6-10/h3-7,16H,2,14H2,1H3/b9-3+,15-7?. The van der Waals surface area contributed by atoms with Gasteiger partial charge < -0.3 is 10.8 Å². The zero-order valence-corrected chi connectivity index (χ0v) is 9.70. The van der Waals surface area contributed by atoms with Gasteiger partial charge in [0.05, 0.1) is 5.02 Å². The van der Waals surface area contributed by atoms with Crippen molar-refractivity contribution in [2.45, 2.75) is 6.92 Å². The fourth-order valence-electron chi connectivity index (χ4n) is 1.16. The number of aromatic hydroxyl groups is 1. The average Bonchev–Trinajstić information content (AvgIpc) is 2.23. The van der Waals surface area contributed by atoms with Gasteiger partial charge in [0.25, 0.3) is 0 Å². The molecule has 1 rings (SSSR count). The Morgan fingerprint density at radius 3 is 2.75 bits per heavy atom. The zero-order valence-electron chi connectivity index (χ0n) is 8.94. The van der Waals surface area contributed by atoms with Crippen LogP contribution in [0.15, 0.2) is 41.7 Å². The van der Waals surface area contributed by atoms with Crippen LogP contribution in [0.2, 0.25) is 5.02 Å². The summed E-state index contributed by atoms with van der Waals surface area (Å²) in [5.74, 6) is 0.274. The van der Waals surface area contributed by atoms with Gasteiger partial charge in [-0.2, -0.15) is 0 Å². The molecule has 0 amide bonds. The number of hydrogen-bond donors (Lipinski definition) is 2. The molecule has 0 aliphatic rings. The van der Waals surface area contributed by atoms with Crippen molar-refractivity contribution in [1.82, 2.24) is 0 Å². The Kier molecular flexibility index (Phi) is 4.14. The number of hydrogen-bond acceptors (Lipinski definition) is 3. The van der Waals surface area contributed by atoms with Crippen LogP contribution < -0.4 is 5.73 Å². The molecule has 0 atom stereocenters. The van der Waals surface area contributed by atoms with E-state index in [0.717, 1.165) is 11.1 Å². The van der Waals surface area contributed by atoms with Gasteiger partial charge in [-0.3, -0.25) is 0 Å². The normalized spacial score (nSPS) is 12.0. The van der Waals surface area contributed by atoms with Crippen LogP contribution in [-0.4, -0.2) is 11.3 Å². The number of aliphatic imine (C=N–C) groups is 1. The Morgan fingerprint density at radius 1 is 1.56 bits per heavy atom. The fourth-order valence-corrected chi connectivity index (χ4v) is 1.28. The molecule has 0 unspecified atom stereocenters. The number of benzene rings is 1. The van der Waals surface area contributed by atoms with Gasteiger partial charge in [-0.05, 0) is 30.2 Å². The number of nitrogens with two attached hydrogens (primary N) is 1. The van der Waals surface area contributed by atoms with Crippen LogP contribution in [-0.2, 0) is 0 Å². The van der Waals surface area contributed by atoms with Gasteiger partial charge in [0, 0.05) is 6.21 Å². The topological polar surface area (TPSA) is 58.6 Å². The van der Waals surface area contributed by atoms with Crippen molar-refractivity contribution in [1.29, 1.82) is 0 Å². The molecule has 0 saturated carbocycles. The highest BCUT2D eigenvalue weighted by Crippen LogP contribution is 2.26. The molecule has 3 N–H and O–H groups in total. The minimum Gasteiger partial charge on any atom is -0.506 e. The second kappa shape index (κ2) is 5.37. The molecule has 0 spiro atoms. The number of phenolic OH excluding ortho intramolecular Hbond substituents is 1. The Morgan fingerprint density at radius 2 is 2.25 bits per heavy atom. The van der Waals surface area contributed by atoms with Crippen LogP contribution in [0.5, 0.6) is 5.75 Å². The molecule has 16 heavy (non-hydrogen) atoms. The first-order valence-corrected chi connectivity index (χ1v) is 5.06. The highest BCUT2D eigenvalue weighted by Gasteiger charge is 2.02. The van der Waals surface area contributed by atoms with E-state index in [1.165, 1.54) is 0 Å². The predicted molar refractivity (Wildman–Crippen MR) is 68.6 cm³/mol. The maximum absolute atomic E-state index is 9.48. The van der Waals surface area contributed by atoms with E-state index >= 15 is 0 Å². The summed E-state index contributed by atoms with van der Waals surface area (Å²) in [4.78, 5) is 3.90. The molecule has 0 radical (unpaired) electrons. The lowest BCUT2D eigenvalue weighted by Gasteiger charge is -2.03. The van der Waals surface area contributed by atoms with Crippen LogP contribution in [0.4, 0.5) is 0 Å². The van der Waals surface area contributed by atoms with Crippen molar-refractivity contribution < 1.29 is 5.11 Å². The molecular formula is C12H13ClN2O. The van der Waals surface area contributed by atoms with Gasteiger partial charge in [-0.1, -0.05) is 30.3 Å². The highest BCUT2D eigenvalue weighted by atomic mass is 35.5. The number of halogens is 1. The number of phenols is 1. The van der Waals surface area contributed by atoms with Crippen molar-refractivity contribution >= 4 is 23.4 Å². The van der Waals surface area contributed by atoms with Crippen molar-refractivity contribution in [2.24, 2.45) is 10.7 Å². The van der Waals surface area contributed by atoms with E-state index in [2.05, 4.69) is 11.6 Å². The number of allylic oxidation sites excluding steroid dienone is 2. The van der Waals surface area contributed by atoms with E-state index in [1.807, 2.05) is 13.0 Å². The van der Waals surface area contributed by atoms with E-state index in [0.29, 0.717) is 5.02 Å². The maximum Gasteiger partial charge on any atom is 0.134 e. The fraction of sp³-hybridized carbons (Fsp3) is 0.0833. The molecule has 3 nitrogen and oxygen atoms in total. The molecule has 0 heterocycles. The highest BCUT2D eigenvalue weighted by molar-refractivity contribution is 6.32. The van der Waals surface area contributed by atoms with E-state index < -0.39 is 0 Å². The van der Waals surface area contributed by atoms with E-state index in [4.69, 9.17) is 17.3 Å². The van der Waals surface area contributed by atoms with E-state index in [9.17, 15) is 5.11 Å². The van der Waals surface area contributed by atoms with Gasteiger partial charge in [0.1, 0.15) is 11.6 Å². The molecule has 0 bridgehead atoms. The van der Waals surface area contributed by atoms with Crippen LogP contribution in [0.3, 0.4) is 0 Å². The number of nitrogens with zero attached hydrogens (tertiary/aromatic N) is 1. The van der Waals surface area contributed by atoms with Crippen LogP contribution in [0.25, 0.3) is 5.57 Å². The Bertz CT molecular complexity index is 464. The Balaban J connectivity index is 3.06. The van der Waals surface area contributed by atoms with E-state index in [-0.39, 0.29) is 11.6 Å². The third kappa shape index (κ3) is 3.14. The van der Waals surface area contributed by atoms with Gasteiger partial charge >= 0.3 is 0 Å². The van der Waals surface area contributed by atoms with Crippen LogP contribution >= 0.6 is 11.6 Å². The van der Waals surface area contributed by atoms with Crippen LogP contribution in [0, 0.1) is 0 Å².